The van der Waals surface area contributed by atoms with E-state index in [-0.39, 0.29) is 0 Å². The Bertz CT molecular complexity index is 229. The van der Waals surface area contributed by atoms with Crippen molar-refractivity contribution in [1.82, 2.24) is 10.9 Å². The average Bonchev–Trinajstić information content (AvgIpc) is 2.14. The van der Waals surface area contributed by atoms with Gasteiger partial charge in [0.2, 0.25) is 0 Å². The van der Waals surface area contributed by atoms with Crippen LogP contribution in [0.4, 0.5) is 0 Å². The maximum absolute atomic E-state index is 2.98. The van der Waals surface area contributed by atoms with E-state index in [1.54, 1.807) is 0 Å². The minimum Gasteiger partial charge on any atom is -0.261 e. The summed E-state index contributed by atoms with van der Waals surface area (Å²) < 4.78 is 0. The molecule has 12 heavy (non-hydrogen) atoms. The third-order valence-corrected chi connectivity index (χ3v) is 1.51. The van der Waals surface area contributed by atoms with E-state index in [9.17, 15) is 0 Å². The van der Waals surface area contributed by atoms with Crippen LogP contribution in [0.5, 0.6) is 0 Å². The highest BCUT2D eigenvalue weighted by Gasteiger charge is 1.80. The van der Waals surface area contributed by atoms with E-state index in [2.05, 4.69) is 35.1 Å². The summed E-state index contributed by atoms with van der Waals surface area (Å²) in [5.41, 5.74) is 7.07. The lowest BCUT2D eigenvalue weighted by molar-refractivity contribution is 0.647. The summed E-state index contributed by atoms with van der Waals surface area (Å²) in [6.45, 7) is 0.839. The SMILES string of the molecule is CNNC/C=C/c1ccccc1. The van der Waals surface area contributed by atoms with Crippen LogP contribution in [0.25, 0.3) is 6.08 Å². The van der Waals surface area contributed by atoms with Crippen LogP contribution in [0.2, 0.25) is 0 Å². The Balaban J connectivity index is 2.36. The van der Waals surface area contributed by atoms with E-state index in [0.717, 1.165) is 6.54 Å². The normalized spacial score (nSPS) is 10.8. The van der Waals surface area contributed by atoms with Gasteiger partial charge in [-0.25, -0.2) is 0 Å². The van der Waals surface area contributed by atoms with Crippen molar-refractivity contribution in [2.24, 2.45) is 0 Å². The first-order chi connectivity index (χ1) is 5.93. The highest BCUT2D eigenvalue weighted by atomic mass is 15.3. The predicted octanol–water partition coefficient (Wildman–Crippen LogP) is 1.42. The van der Waals surface area contributed by atoms with Gasteiger partial charge in [-0.2, -0.15) is 0 Å². The molecule has 64 valence electrons. The number of hydrogen-bond acceptors (Lipinski definition) is 2. The molecule has 0 fully saturated rings. The van der Waals surface area contributed by atoms with Crippen molar-refractivity contribution in [2.45, 2.75) is 0 Å². The monoisotopic (exact) mass is 162 g/mol. The molecule has 0 heterocycles. The molecule has 0 aliphatic heterocycles. The Kier molecular flexibility index (Phi) is 4.13. The molecule has 0 spiro atoms. The van der Waals surface area contributed by atoms with Crippen molar-refractivity contribution in [3.8, 4) is 0 Å². The second kappa shape index (κ2) is 5.52. The maximum atomic E-state index is 2.98. The third kappa shape index (κ3) is 3.32. The van der Waals surface area contributed by atoms with Crippen LogP contribution in [-0.2, 0) is 0 Å². The largest absolute Gasteiger partial charge is 0.261 e. The van der Waals surface area contributed by atoms with Gasteiger partial charge in [-0.3, -0.25) is 10.9 Å². The zero-order chi connectivity index (χ0) is 8.65. The molecule has 0 amide bonds. The number of hydrogen-bond donors (Lipinski definition) is 2. The zero-order valence-electron chi connectivity index (χ0n) is 7.25. The molecule has 1 aromatic rings. The summed E-state index contributed by atoms with van der Waals surface area (Å²) in [5.74, 6) is 0. The fraction of sp³-hybridized carbons (Fsp3) is 0.200. The summed E-state index contributed by atoms with van der Waals surface area (Å²) in [6, 6.07) is 10.2. The molecule has 0 bridgehead atoms. The predicted molar refractivity (Wildman–Crippen MR) is 52.5 cm³/mol. The molecular weight excluding hydrogens is 148 g/mol. The van der Waals surface area contributed by atoms with Gasteiger partial charge >= 0.3 is 0 Å². The lowest BCUT2D eigenvalue weighted by Crippen LogP contribution is -2.27. The molecule has 2 N–H and O–H groups in total. The summed E-state index contributed by atoms with van der Waals surface area (Å²) in [7, 11) is 1.86. The standard InChI is InChI=1S/C10H14N2/c1-11-12-9-5-8-10-6-3-2-4-7-10/h2-8,11-12H,9H2,1H3/b8-5+. The van der Waals surface area contributed by atoms with E-state index in [0.29, 0.717) is 0 Å². The second-order valence-corrected chi connectivity index (χ2v) is 2.44. The van der Waals surface area contributed by atoms with Gasteiger partial charge in [-0.05, 0) is 12.6 Å². The quantitative estimate of drug-likeness (QED) is 0.517. The van der Waals surface area contributed by atoms with E-state index >= 15 is 0 Å². The van der Waals surface area contributed by atoms with Crippen molar-refractivity contribution in [2.75, 3.05) is 13.6 Å². The smallest absolute Gasteiger partial charge is 0.0284 e. The van der Waals surface area contributed by atoms with Crippen molar-refractivity contribution in [3.63, 3.8) is 0 Å². The molecule has 1 aromatic carbocycles. The number of hydrazine groups is 1. The molecule has 0 radical (unpaired) electrons. The second-order valence-electron chi connectivity index (χ2n) is 2.44. The highest BCUT2D eigenvalue weighted by molar-refractivity contribution is 5.48. The van der Waals surface area contributed by atoms with Gasteiger partial charge in [0.25, 0.3) is 0 Å². The van der Waals surface area contributed by atoms with E-state index < -0.39 is 0 Å². The molecule has 2 heteroatoms. The molecule has 0 aliphatic carbocycles. The van der Waals surface area contributed by atoms with E-state index in [1.807, 2.05) is 25.2 Å². The minimum absolute atomic E-state index is 0.839. The van der Waals surface area contributed by atoms with Gasteiger partial charge in [0.05, 0.1) is 0 Å². The van der Waals surface area contributed by atoms with Crippen LogP contribution in [0.3, 0.4) is 0 Å². The van der Waals surface area contributed by atoms with Crippen molar-refractivity contribution >= 4 is 6.08 Å². The number of nitrogens with one attached hydrogen (secondary N) is 2. The molecule has 0 saturated heterocycles. The van der Waals surface area contributed by atoms with Crippen LogP contribution in [0.1, 0.15) is 5.56 Å². The van der Waals surface area contributed by atoms with Crippen LogP contribution in [0.15, 0.2) is 36.4 Å². The van der Waals surface area contributed by atoms with Crippen LogP contribution < -0.4 is 10.9 Å². The topological polar surface area (TPSA) is 24.1 Å². The first-order valence-electron chi connectivity index (χ1n) is 4.04. The van der Waals surface area contributed by atoms with Gasteiger partial charge < -0.3 is 0 Å². The Labute approximate surface area is 73.3 Å². The Morgan fingerprint density at radius 1 is 1.25 bits per heavy atom. The molecule has 0 aliphatic rings. The van der Waals surface area contributed by atoms with Gasteiger partial charge in [0.1, 0.15) is 0 Å². The average molecular weight is 162 g/mol. The third-order valence-electron chi connectivity index (χ3n) is 1.51. The van der Waals surface area contributed by atoms with Gasteiger partial charge in [0, 0.05) is 6.54 Å². The molecular formula is C10H14N2. The summed E-state index contributed by atoms with van der Waals surface area (Å²) in [6.07, 6.45) is 4.16. The molecule has 0 unspecified atom stereocenters. The maximum Gasteiger partial charge on any atom is 0.0284 e. The first kappa shape index (κ1) is 8.97. The molecule has 2 nitrogen and oxygen atoms in total. The number of benzene rings is 1. The van der Waals surface area contributed by atoms with E-state index in [1.165, 1.54) is 5.56 Å². The fourth-order valence-corrected chi connectivity index (χ4v) is 0.920. The molecule has 1 rings (SSSR count). The van der Waals surface area contributed by atoms with Crippen molar-refractivity contribution in [1.29, 1.82) is 0 Å². The van der Waals surface area contributed by atoms with Gasteiger partial charge in [-0.15, -0.1) is 0 Å². The summed E-state index contributed by atoms with van der Waals surface area (Å²) >= 11 is 0. The van der Waals surface area contributed by atoms with Crippen molar-refractivity contribution in [3.05, 3.63) is 42.0 Å². The van der Waals surface area contributed by atoms with Crippen LogP contribution >= 0.6 is 0 Å². The van der Waals surface area contributed by atoms with Gasteiger partial charge in [0.15, 0.2) is 0 Å². The van der Waals surface area contributed by atoms with Gasteiger partial charge in [-0.1, -0.05) is 42.5 Å². The summed E-state index contributed by atoms with van der Waals surface area (Å²) in [4.78, 5) is 0. The molecule has 0 atom stereocenters. The Morgan fingerprint density at radius 2 is 2.00 bits per heavy atom. The van der Waals surface area contributed by atoms with Crippen molar-refractivity contribution < 1.29 is 0 Å². The summed E-state index contributed by atoms with van der Waals surface area (Å²) in [5, 5.41) is 0. The Hall–Kier alpha value is -1.12. The first-order valence-corrected chi connectivity index (χ1v) is 4.04. The van der Waals surface area contributed by atoms with E-state index in [4.69, 9.17) is 0 Å². The fourth-order valence-electron chi connectivity index (χ4n) is 0.920. The molecule has 0 saturated carbocycles. The number of rotatable bonds is 4. The van der Waals surface area contributed by atoms with Crippen LogP contribution in [0, 0.1) is 0 Å². The molecule has 0 aromatic heterocycles. The highest BCUT2D eigenvalue weighted by Crippen LogP contribution is 1.99. The minimum atomic E-state index is 0.839. The lowest BCUT2D eigenvalue weighted by Gasteiger charge is -1.95. The zero-order valence-corrected chi connectivity index (χ0v) is 7.25. The Morgan fingerprint density at radius 3 is 2.67 bits per heavy atom. The van der Waals surface area contributed by atoms with Crippen LogP contribution in [-0.4, -0.2) is 13.6 Å². The lowest BCUT2D eigenvalue weighted by atomic mass is 10.2.